The molecule has 0 aliphatic heterocycles. The van der Waals surface area contributed by atoms with Crippen LogP contribution in [0, 0.1) is 0 Å². The monoisotopic (exact) mass is 353 g/mol. The molecule has 0 bridgehead atoms. The van der Waals surface area contributed by atoms with Crippen molar-refractivity contribution in [1.29, 1.82) is 0 Å². The molecule has 0 saturated carbocycles. The lowest BCUT2D eigenvalue weighted by atomic mass is 10.1. The fraction of sp³-hybridized carbons (Fsp3) is 0.105. The SMILES string of the molecule is COc1ccc(/C=C/C(=O)c2ccc(-[n+]3cc(=O)o[nH]3)cc2)c(OC)c1. The molecule has 26 heavy (non-hydrogen) atoms. The summed E-state index contributed by atoms with van der Waals surface area (Å²) in [4.78, 5) is 23.4. The van der Waals surface area contributed by atoms with Crippen molar-refractivity contribution in [2.24, 2.45) is 0 Å². The number of H-pyrrole nitrogens is 1. The van der Waals surface area contributed by atoms with Crippen LogP contribution in [0.3, 0.4) is 0 Å². The molecule has 7 heteroatoms. The van der Waals surface area contributed by atoms with Crippen molar-refractivity contribution >= 4 is 11.9 Å². The maximum atomic E-state index is 12.4. The standard InChI is InChI=1S/C19H16N2O5/c1-24-16-9-5-14(18(11-16)25-2)6-10-17(22)13-3-7-15(8-4-13)21-12-19(23)26-20-21/h3-12H,1-2H3/p+1/b10-6+. The van der Waals surface area contributed by atoms with Gasteiger partial charge in [0.05, 0.1) is 14.2 Å². The Morgan fingerprint density at radius 2 is 1.88 bits per heavy atom. The van der Waals surface area contributed by atoms with Crippen LogP contribution in [0.1, 0.15) is 15.9 Å². The van der Waals surface area contributed by atoms with Crippen molar-refractivity contribution in [3.63, 3.8) is 0 Å². The Hall–Kier alpha value is -3.61. The average molecular weight is 353 g/mol. The Kier molecular flexibility index (Phi) is 4.98. The Bertz CT molecular complexity index is 999. The van der Waals surface area contributed by atoms with Gasteiger partial charge in [0.15, 0.2) is 5.78 Å². The Morgan fingerprint density at radius 3 is 2.50 bits per heavy atom. The van der Waals surface area contributed by atoms with Gasteiger partial charge in [-0.1, -0.05) is 0 Å². The van der Waals surface area contributed by atoms with Gasteiger partial charge in [0, 0.05) is 29.3 Å². The second-order valence-corrected chi connectivity index (χ2v) is 5.36. The number of hydrogen-bond acceptors (Lipinski definition) is 5. The lowest BCUT2D eigenvalue weighted by Crippen LogP contribution is -2.32. The molecular formula is C19H17N2O5+. The van der Waals surface area contributed by atoms with Crippen molar-refractivity contribution in [3.05, 3.63) is 76.3 Å². The molecule has 1 N–H and O–H groups in total. The number of ether oxygens (including phenoxy) is 2. The predicted octanol–water partition coefficient (Wildman–Crippen LogP) is 2.16. The summed E-state index contributed by atoms with van der Waals surface area (Å²) in [5.74, 6) is 1.14. The van der Waals surface area contributed by atoms with Gasteiger partial charge < -0.3 is 9.47 Å². The third-order valence-corrected chi connectivity index (χ3v) is 3.76. The lowest BCUT2D eigenvalue weighted by molar-refractivity contribution is -0.670. The fourth-order valence-electron chi connectivity index (χ4n) is 2.38. The lowest BCUT2D eigenvalue weighted by Gasteiger charge is -2.07. The summed E-state index contributed by atoms with van der Waals surface area (Å²) in [6.07, 6.45) is 4.44. The summed E-state index contributed by atoms with van der Waals surface area (Å²) >= 11 is 0. The minimum Gasteiger partial charge on any atom is -0.497 e. The molecule has 0 atom stereocenters. The third-order valence-electron chi connectivity index (χ3n) is 3.76. The molecule has 0 unspecified atom stereocenters. The molecule has 0 amide bonds. The van der Waals surface area contributed by atoms with Gasteiger partial charge >= 0.3 is 5.63 Å². The molecule has 0 saturated heterocycles. The van der Waals surface area contributed by atoms with Gasteiger partial charge in [-0.15, -0.1) is 0 Å². The van der Waals surface area contributed by atoms with Crippen LogP contribution in [0.25, 0.3) is 11.8 Å². The number of nitrogens with zero attached hydrogens (tertiary/aromatic N) is 1. The predicted molar refractivity (Wildman–Crippen MR) is 93.8 cm³/mol. The van der Waals surface area contributed by atoms with Gasteiger partial charge in [-0.2, -0.15) is 0 Å². The normalized spacial score (nSPS) is 10.8. The average Bonchev–Trinajstić information content (AvgIpc) is 3.12. The van der Waals surface area contributed by atoms with Crippen LogP contribution in [-0.4, -0.2) is 25.3 Å². The third kappa shape index (κ3) is 3.72. The number of allylic oxidation sites excluding steroid dienone is 1. The van der Waals surface area contributed by atoms with Crippen molar-refractivity contribution < 1.29 is 23.5 Å². The van der Waals surface area contributed by atoms with Gasteiger partial charge in [-0.05, 0) is 46.4 Å². The first-order valence-electron chi connectivity index (χ1n) is 7.76. The minimum atomic E-state index is -0.485. The molecule has 0 spiro atoms. The Balaban J connectivity index is 1.77. The topological polar surface area (TPSA) is 85.4 Å². The Labute approximate surface area is 149 Å². The van der Waals surface area contributed by atoms with E-state index < -0.39 is 5.63 Å². The van der Waals surface area contributed by atoms with Crippen LogP contribution in [-0.2, 0) is 0 Å². The number of carbonyl (C=O) groups excluding carboxylic acids is 1. The largest absolute Gasteiger partial charge is 0.497 e. The van der Waals surface area contributed by atoms with Gasteiger partial charge in [0.25, 0.3) is 6.20 Å². The second kappa shape index (κ2) is 7.52. The second-order valence-electron chi connectivity index (χ2n) is 5.36. The van der Waals surface area contributed by atoms with E-state index >= 15 is 0 Å². The highest BCUT2D eigenvalue weighted by Crippen LogP contribution is 2.25. The fourth-order valence-corrected chi connectivity index (χ4v) is 2.38. The number of aromatic nitrogens is 2. The van der Waals surface area contributed by atoms with E-state index in [9.17, 15) is 9.59 Å². The van der Waals surface area contributed by atoms with Crippen molar-refractivity contribution in [2.75, 3.05) is 14.2 Å². The molecule has 3 aromatic rings. The summed E-state index contributed by atoms with van der Waals surface area (Å²) < 4.78 is 16.5. The molecule has 2 aromatic carbocycles. The van der Waals surface area contributed by atoms with E-state index in [2.05, 4.69) is 9.79 Å². The highest BCUT2D eigenvalue weighted by atomic mass is 16.5. The van der Waals surface area contributed by atoms with E-state index in [0.29, 0.717) is 22.7 Å². The zero-order chi connectivity index (χ0) is 18.5. The number of methoxy groups -OCH3 is 2. The summed E-state index contributed by atoms with van der Waals surface area (Å²) in [5, 5.41) is 2.45. The quantitative estimate of drug-likeness (QED) is 0.417. The van der Waals surface area contributed by atoms with E-state index in [4.69, 9.17) is 9.47 Å². The highest BCUT2D eigenvalue weighted by molar-refractivity contribution is 6.07. The summed E-state index contributed by atoms with van der Waals surface area (Å²) in [6.45, 7) is 0. The molecule has 0 aliphatic carbocycles. The van der Waals surface area contributed by atoms with Gasteiger partial charge in [0.1, 0.15) is 11.5 Å². The minimum absolute atomic E-state index is 0.153. The molecule has 1 heterocycles. The molecule has 132 valence electrons. The first-order chi connectivity index (χ1) is 12.6. The smallest absolute Gasteiger partial charge is 0.427 e. The van der Waals surface area contributed by atoms with Gasteiger partial charge in [0.2, 0.25) is 5.69 Å². The van der Waals surface area contributed by atoms with Crippen LogP contribution in [0.5, 0.6) is 11.5 Å². The van der Waals surface area contributed by atoms with Crippen molar-refractivity contribution in [2.45, 2.75) is 0 Å². The van der Waals surface area contributed by atoms with Crippen LogP contribution in [0.4, 0.5) is 0 Å². The molecule has 0 aliphatic rings. The number of carbonyl (C=O) groups is 1. The van der Waals surface area contributed by atoms with Gasteiger partial charge in [-0.3, -0.25) is 9.32 Å². The molecular weight excluding hydrogens is 336 g/mol. The number of rotatable bonds is 6. The van der Waals surface area contributed by atoms with E-state index in [1.54, 1.807) is 56.7 Å². The summed E-state index contributed by atoms with van der Waals surface area (Å²) in [7, 11) is 3.14. The van der Waals surface area contributed by atoms with E-state index in [1.807, 2.05) is 6.07 Å². The summed E-state index contributed by atoms with van der Waals surface area (Å²) in [5.41, 5.74) is 1.48. The zero-order valence-electron chi connectivity index (χ0n) is 14.3. The van der Waals surface area contributed by atoms with Crippen LogP contribution in [0.2, 0.25) is 0 Å². The molecule has 7 nitrogen and oxygen atoms in total. The highest BCUT2D eigenvalue weighted by Gasteiger charge is 2.11. The molecule has 0 fully saturated rings. The molecule has 3 rings (SSSR count). The zero-order valence-corrected chi connectivity index (χ0v) is 14.3. The number of benzene rings is 2. The molecule has 0 radical (unpaired) electrons. The van der Waals surface area contributed by atoms with Crippen LogP contribution < -0.4 is 19.8 Å². The van der Waals surface area contributed by atoms with E-state index in [-0.39, 0.29) is 5.78 Å². The number of nitrogens with one attached hydrogen (secondary N) is 1. The first kappa shape index (κ1) is 17.2. The van der Waals surface area contributed by atoms with Crippen LogP contribution >= 0.6 is 0 Å². The van der Waals surface area contributed by atoms with E-state index in [0.717, 1.165) is 5.56 Å². The number of hydrogen-bond donors (Lipinski definition) is 1. The summed E-state index contributed by atoms with van der Waals surface area (Å²) in [6, 6.07) is 12.1. The number of aromatic amines is 1. The van der Waals surface area contributed by atoms with Gasteiger partial charge in [-0.25, -0.2) is 4.79 Å². The van der Waals surface area contributed by atoms with E-state index in [1.165, 1.54) is 17.0 Å². The maximum absolute atomic E-state index is 12.4. The first-order valence-corrected chi connectivity index (χ1v) is 7.76. The molecule has 1 aromatic heterocycles. The van der Waals surface area contributed by atoms with Crippen molar-refractivity contribution in [3.8, 4) is 17.2 Å². The maximum Gasteiger partial charge on any atom is 0.427 e. The van der Waals surface area contributed by atoms with Crippen LogP contribution in [0.15, 0.2) is 64.1 Å². The van der Waals surface area contributed by atoms with Crippen molar-refractivity contribution in [1.82, 2.24) is 5.27 Å². The Morgan fingerprint density at radius 1 is 1.12 bits per heavy atom. The number of ketones is 1.